The monoisotopic (exact) mass is 307 g/mol. The molecule has 1 fully saturated rings. The summed E-state index contributed by atoms with van der Waals surface area (Å²) in [5.41, 5.74) is 4.74. The molecule has 0 aliphatic carbocycles. The number of fused-ring (bicyclic) bond motifs is 1. The highest BCUT2D eigenvalue weighted by Gasteiger charge is 2.16. The molecule has 118 valence electrons. The Kier molecular flexibility index (Phi) is 3.75. The van der Waals surface area contributed by atoms with Gasteiger partial charge in [-0.3, -0.25) is 5.10 Å². The van der Waals surface area contributed by atoms with Crippen LogP contribution in [0, 0.1) is 5.92 Å². The van der Waals surface area contributed by atoms with Crippen LogP contribution in [0.5, 0.6) is 5.75 Å². The largest absolute Gasteiger partial charge is 0.508 e. The molecule has 1 aliphatic heterocycles. The number of piperidine rings is 1. The second kappa shape index (κ2) is 6.05. The Morgan fingerprint density at radius 2 is 1.83 bits per heavy atom. The molecule has 4 heteroatoms. The number of benzene rings is 2. The van der Waals surface area contributed by atoms with Crippen LogP contribution in [0.2, 0.25) is 0 Å². The summed E-state index contributed by atoms with van der Waals surface area (Å²) < 4.78 is 0. The SMILES string of the molecule is Oc1ccc(-c2cc(CC3CCNCC3)c3cn[nH]c3c2)cc1. The predicted molar refractivity (Wildman–Crippen MR) is 92.5 cm³/mol. The summed E-state index contributed by atoms with van der Waals surface area (Å²) in [6, 6.07) is 11.8. The molecule has 0 saturated carbocycles. The van der Waals surface area contributed by atoms with Crippen LogP contribution in [0.15, 0.2) is 42.6 Å². The van der Waals surface area contributed by atoms with Gasteiger partial charge in [-0.1, -0.05) is 18.2 Å². The van der Waals surface area contributed by atoms with Crippen molar-refractivity contribution in [1.29, 1.82) is 0 Å². The average molecular weight is 307 g/mol. The summed E-state index contributed by atoms with van der Waals surface area (Å²) in [5.74, 6) is 1.04. The van der Waals surface area contributed by atoms with Crippen LogP contribution >= 0.6 is 0 Å². The van der Waals surface area contributed by atoms with Crippen LogP contribution < -0.4 is 5.32 Å². The van der Waals surface area contributed by atoms with E-state index in [0.717, 1.165) is 36.5 Å². The normalized spacial score (nSPS) is 16.0. The third-order valence-electron chi connectivity index (χ3n) is 4.81. The first-order valence-corrected chi connectivity index (χ1v) is 8.26. The van der Waals surface area contributed by atoms with Gasteiger partial charge in [0.2, 0.25) is 0 Å². The summed E-state index contributed by atoms with van der Waals surface area (Å²) in [4.78, 5) is 0. The quantitative estimate of drug-likeness (QED) is 0.694. The minimum absolute atomic E-state index is 0.297. The van der Waals surface area contributed by atoms with E-state index in [9.17, 15) is 5.11 Å². The number of hydrogen-bond donors (Lipinski definition) is 3. The molecule has 0 atom stereocenters. The lowest BCUT2D eigenvalue weighted by Gasteiger charge is -2.23. The Labute approximate surface area is 135 Å². The van der Waals surface area contributed by atoms with Gasteiger partial charge in [0.15, 0.2) is 0 Å². The standard InChI is InChI=1S/C19H21N3O/c23-17-3-1-14(2-4-17)15-10-16(9-13-5-7-20-8-6-13)18-12-21-22-19(18)11-15/h1-4,10-13,20,23H,5-9H2,(H,21,22). The molecule has 3 N–H and O–H groups in total. The van der Waals surface area contributed by atoms with Crippen molar-refractivity contribution in [2.75, 3.05) is 13.1 Å². The van der Waals surface area contributed by atoms with Crippen molar-refractivity contribution in [3.8, 4) is 16.9 Å². The van der Waals surface area contributed by atoms with Crippen LogP contribution in [-0.2, 0) is 6.42 Å². The van der Waals surface area contributed by atoms with Crippen molar-refractivity contribution in [2.24, 2.45) is 5.92 Å². The van der Waals surface area contributed by atoms with Gasteiger partial charge >= 0.3 is 0 Å². The summed E-state index contributed by atoms with van der Waals surface area (Å²) in [6.07, 6.45) is 5.52. The zero-order valence-corrected chi connectivity index (χ0v) is 13.0. The highest BCUT2D eigenvalue weighted by atomic mass is 16.3. The molecular weight excluding hydrogens is 286 g/mol. The van der Waals surface area contributed by atoms with Crippen molar-refractivity contribution < 1.29 is 5.11 Å². The van der Waals surface area contributed by atoms with E-state index in [2.05, 4.69) is 27.6 Å². The Morgan fingerprint density at radius 3 is 2.61 bits per heavy atom. The average Bonchev–Trinajstić information content (AvgIpc) is 3.05. The number of phenolic OH excluding ortho intramolecular Hbond substituents is 1. The molecule has 4 nitrogen and oxygen atoms in total. The molecular formula is C19H21N3O. The molecule has 0 unspecified atom stereocenters. The lowest BCUT2D eigenvalue weighted by molar-refractivity contribution is 0.373. The first-order chi connectivity index (χ1) is 11.3. The highest BCUT2D eigenvalue weighted by molar-refractivity contribution is 5.87. The summed E-state index contributed by atoms with van der Waals surface area (Å²) in [5, 5.41) is 21.5. The zero-order chi connectivity index (χ0) is 15.6. The Bertz CT molecular complexity index is 801. The van der Waals surface area contributed by atoms with E-state index in [1.165, 1.54) is 29.4 Å². The lowest BCUT2D eigenvalue weighted by Crippen LogP contribution is -2.28. The number of nitrogens with zero attached hydrogens (tertiary/aromatic N) is 1. The fourth-order valence-electron chi connectivity index (χ4n) is 3.51. The number of aromatic nitrogens is 2. The van der Waals surface area contributed by atoms with Gasteiger partial charge in [0.1, 0.15) is 5.75 Å². The number of hydrogen-bond acceptors (Lipinski definition) is 3. The van der Waals surface area contributed by atoms with E-state index in [0.29, 0.717) is 5.75 Å². The van der Waals surface area contributed by atoms with Gasteiger partial charge in [0.25, 0.3) is 0 Å². The topological polar surface area (TPSA) is 60.9 Å². The van der Waals surface area contributed by atoms with E-state index in [-0.39, 0.29) is 0 Å². The third kappa shape index (κ3) is 2.94. The number of aromatic amines is 1. The van der Waals surface area contributed by atoms with E-state index < -0.39 is 0 Å². The van der Waals surface area contributed by atoms with Gasteiger partial charge in [-0.2, -0.15) is 5.10 Å². The number of phenols is 1. The molecule has 2 heterocycles. The van der Waals surface area contributed by atoms with E-state index >= 15 is 0 Å². The molecule has 0 bridgehead atoms. The molecule has 0 spiro atoms. The maximum Gasteiger partial charge on any atom is 0.115 e. The van der Waals surface area contributed by atoms with Gasteiger partial charge in [-0.05, 0) is 73.2 Å². The number of nitrogens with one attached hydrogen (secondary N) is 2. The zero-order valence-electron chi connectivity index (χ0n) is 13.0. The van der Waals surface area contributed by atoms with Crippen LogP contribution in [-0.4, -0.2) is 28.4 Å². The first kappa shape index (κ1) is 14.3. The smallest absolute Gasteiger partial charge is 0.115 e. The number of rotatable bonds is 3. The maximum absolute atomic E-state index is 9.49. The minimum atomic E-state index is 0.297. The fraction of sp³-hybridized carbons (Fsp3) is 0.316. The van der Waals surface area contributed by atoms with Crippen LogP contribution in [0.3, 0.4) is 0 Å². The van der Waals surface area contributed by atoms with Gasteiger partial charge in [-0.15, -0.1) is 0 Å². The second-order valence-electron chi connectivity index (χ2n) is 6.41. The summed E-state index contributed by atoms with van der Waals surface area (Å²) in [6.45, 7) is 2.24. The highest BCUT2D eigenvalue weighted by Crippen LogP contribution is 2.30. The van der Waals surface area contributed by atoms with Gasteiger partial charge < -0.3 is 10.4 Å². The Balaban J connectivity index is 1.73. The van der Waals surface area contributed by atoms with Crippen molar-refractivity contribution in [1.82, 2.24) is 15.5 Å². The summed E-state index contributed by atoms with van der Waals surface area (Å²) >= 11 is 0. The van der Waals surface area contributed by atoms with E-state index in [4.69, 9.17) is 0 Å². The molecule has 0 amide bonds. The van der Waals surface area contributed by atoms with Crippen molar-refractivity contribution in [3.05, 3.63) is 48.2 Å². The molecule has 1 saturated heterocycles. The number of aromatic hydroxyl groups is 1. The Morgan fingerprint density at radius 1 is 1.04 bits per heavy atom. The molecule has 2 aromatic carbocycles. The molecule has 3 aromatic rings. The van der Waals surface area contributed by atoms with Gasteiger partial charge in [0, 0.05) is 5.39 Å². The summed E-state index contributed by atoms with van der Waals surface area (Å²) in [7, 11) is 0. The van der Waals surface area contributed by atoms with Crippen LogP contribution in [0.25, 0.3) is 22.0 Å². The van der Waals surface area contributed by atoms with Gasteiger partial charge in [0.05, 0.1) is 11.7 Å². The molecule has 1 aliphatic rings. The maximum atomic E-state index is 9.49. The number of H-pyrrole nitrogens is 1. The molecule has 4 rings (SSSR count). The molecule has 0 radical (unpaired) electrons. The van der Waals surface area contributed by atoms with Crippen molar-refractivity contribution in [2.45, 2.75) is 19.3 Å². The fourth-order valence-corrected chi connectivity index (χ4v) is 3.51. The van der Waals surface area contributed by atoms with Crippen LogP contribution in [0.4, 0.5) is 0 Å². The minimum Gasteiger partial charge on any atom is -0.508 e. The van der Waals surface area contributed by atoms with Crippen molar-refractivity contribution in [3.63, 3.8) is 0 Å². The van der Waals surface area contributed by atoms with Crippen LogP contribution in [0.1, 0.15) is 18.4 Å². The van der Waals surface area contributed by atoms with Crippen molar-refractivity contribution >= 4 is 10.9 Å². The predicted octanol–water partition coefficient (Wildman–Crippen LogP) is 3.48. The third-order valence-corrected chi connectivity index (χ3v) is 4.81. The molecule has 23 heavy (non-hydrogen) atoms. The van der Waals surface area contributed by atoms with Gasteiger partial charge in [-0.25, -0.2) is 0 Å². The second-order valence-corrected chi connectivity index (χ2v) is 6.41. The molecule has 1 aromatic heterocycles. The lowest BCUT2D eigenvalue weighted by atomic mass is 9.88. The van der Waals surface area contributed by atoms with E-state index in [1.54, 1.807) is 12.1 Å². The Hall–Kier alpha value is -2.33. The first-order valence-electron chi connectivity index (χ1n) is 8.26. The van der Waals surface area contributed by atoms with E-state index in [1.807, 2.05) is 18.3 Å².